The number of rotatable bonds is 5. The molecule has 1 aliphatic rings. The fourth-order valence-electron chi connectivity index (χ4n) is 1.95. The monoisotopic (exact) mass is 260 g/mol. The van der Waals surface area contributed by atoms with Crippen LogP contribution in [0.2, 0.25) is 0 Å². The number of ether oxygens (including phenoxy) is 1. The number of carbonyl (C=O) groups is 2. The smallest absolute Gasteiger partial charge is 0.349 e. The van der Waals surface area contributed by atoms with Crippen molar-refractivity contribution in [3.63, 3.8) is 0 Å². The summed E-state index contributed by atoms with van der Waals surface area (Å²) in [5, 5.41) is 8.94. The zero-order valence-corrected chi connectivity index (χ0v) is 11.0. The Balaban J connectivity index is 2.65. The summed E-state index contributed by atoms with van der Waals surface area (Å²) in [5.74, 6) is -2.13. The fourth-order valence-corrected chi connectivity index (χ4v) is 2.14. The van der Waals surface area contributed by atoms with E-state index in [2.05, 4.69) is 0 Å². The predicted molar refractivity (Wildman–Crippen MR) is 63.6 cm³/mol. The molecule has 1 saturated carbocycles. The quantitative estimate of drug-likeness (QED) is 0.609. The molecule has 1 N–H and O–H groups in total. The lowest BCUT2D eigenvalue weighted by molar-refractivity contribution is -0.140. The van der Waals surface area contributed by atoms with Gasteiger partial charge in [-0.15, -0.1) is 0 Å². The Bertz CT molecular complexity index is 360. The first-order valence-corrected chi connectivity index (χ1v) is 5.97. The van der Waals surface area contributed by atoms with Gasteiger partial charge in [0.2, 0.25) is 0 Å². The molecule has 1 aliphatic carbocycles. The van der Waals surface area contributed by atoms with E-state index in [1.54, 1.807) is 0 Å². The standard InChI is InChI=1S/C12H17ClO4/c1-4-5-17-11(16)8(13)6-7-9(10(14)15)12(7,2)3/h6-7,9H,4-5H2,1-3H3,(H,14,15)/b8-6+/t7-,9-/m1/s1. The largest absolute Gasteiger partial charge is 0.481 e. The third-order valence-electron chi connectivity index (χ3n) is 3.13. The molecule has 0 spiro atoms. The van der Waals surface area contributed by atoms with Crippen LogP contribution in [-0.2, 0) is 14.3 Å². The molecule has 96 valence electrons. The molecule has 0 aromatic rings. The first-order chi connectivity index (χ1) is 7.82. The lowest BCUT2D eigenvalue weighted by Crippen LogP contribution is -2.06. The molecule has 4 nitrogen and oxygen atoms in total. The van der Waals surface area contributed by atoms with E-state index in [-0.39, 0.29) is 16.4 Å². The number of allylic oxidation sites excluding steroid dienone is 1. The zero-order chi connectivity index (χ0) is 13.2. The molecule has 0 bridgehead atoms. The highest BCUT2D eigenvalue weighted by atomic mass is 35.5. The van der Waals surface area contributed by atoms with E-state index in [1.807, 2.05) is 20.8 Å². The Labute approximate surface area is 106 Å². The van der Waals surface area contributed by atoms with Crippen LogP contribution in [0.15, 0.2) is 11.1 Å². The van der Waals surface area contributed by atoms with Crippen LogP contribution in [0.4, 0.5) is 0 Å². The number of carboxylic acid groups (broad SMARTS) is 1. The molecule has 1 fully saturated rings. The number of hydrogen-bond acceptors (Lipinski definition) is 3. The van der Waals surface area contributed by atoms with Crippen molar-refractivity contribution in [1.82, 2.24) is 0 Å². The van der Waals surface area contributed by atoms with Gasteiger partial charge in [0.1, 0.15) is 5.03 Å². The number of carboxylic acids is 1. The maximum absolute atomic E-state index is 11.4. The highest BCUT2D eigenvalue weighted by Gasteiger charge is 2.61. The van der Waals surface area contributed by atoms with Gasteiger partial charge in [0.05, 0.1) is 12.5 Å². The SMILES string of the molecule is CCCOC(=O)/C(Cl)=C\[C@@H]1[C@H](C(=O)O)C1(C)C. The highest BCUT2D eigenvalue weighted by molar-refractivity contribution is 6.41. The second-order valence-corrected chi connectivity index (χ2v) is 5.22. The molecule has 0 aromatic heterocycles. The van der Waals surface area contributed by atoms with Crippen molar-refractivity contribution < 1.29 is 19.4 Å². The molecule has 0 radical (unpaired) electrons. The maximum Gasteiger partial charge on any atom is 0.349 e. The number of esters is 1. The second-order valence-electron chi connectivity index (χ2n) is 4.81. The number of halogens is 1. The van der Waals surface area contributed by atoms with Gasteiger partial charge in [0.15, 0.2) is 0 Å². The third-order valence-corrected chi connectivity index (χ3v) is 3.42. The molecule has 0 aromatic carbocycles. The minimum absolute atomic E-state index is 0.0275. The highest BCUT2D eigenvalue weighted by Crippen LogP contribution is 2.59. The van der Waals surface area contributed by atoms with Crippen LogP contribution >= 0.6 is 11.6 Å². The molecule has 17 heavy (non-hydrogen) atoms. The van der Waals surface area contributed by atoms with Gasteiger partial charge in [-0.2, -0.15) is 0 Å². The lowest BCUT2D eigenvalue weighted by atomic mass is 10.1. The molecule has 0 amide bonds. The lowest BCUT2D eigenvalue weighted by Gasteiger charge is -2.01. The van der Waals surface area contributed by atoms with E-state index in [0.29, 0.717) is 6.61 Å². The summed E-state index contributed by atoms with van der Waals surface area (Å²) in [4.78, 5) is 22.3. The van der Waals surface area contributed by atoms with Crippen LogP contribution < -0.4 is 0 Å². The topological polar surface area (TPSA) is 63.6 Å². The molecular weight excluding hydrogens is 244 g/mol. The number of hydrogen-bond donors (Lipinski definition) is 1. The Hall–Kier alpha value is -1.03. The van der Waals surface area contributed by atoms with Crippen molar-refractivity contribution >= 4 is 23.5 Å². The number of carbonyl (C=O) groups excluding carboxylic acids is 1. The van der Waals surface area contributed by atoms with Gasteiger partial charge in [-0.05, 0) is 17.8 Å². The van der Waals surface area contributed by atoms with E-state index in [1.165, 1.54) is 6.08 Å². The minimum atomic E-state index is -0.859. The van der Waals surface area contributed by atoms with E-state index in [4.69, 9.17) is 21.4 Å². The molecule has 2 atom stereocenters. The van der Waals surface area contributed by atoms with Crippen LogP contribution in [0.25, 0.3) is 0 Å². The summed E-state index contributed by atoms with van der Waals surface area (Å²) < 4.78 is 4.86. The van der Waals surface area contributed by atoms with Gasteiger partial charge in [-0.3, -0.25) is 4.79 Å². The van der Waals surface area contributed by atoms with Crippen LogP contribution in [0.3, 0.4) is 0 Å². The van der Waals surface area contributed by atoms with Gasteiger partial charge >= 0.3 is 11.9 Å². The van der Waals surface area contributed by atoms with Gasteiger partial charge < -0.3 is 9.84 Å². The van der Waals surface area contributed by atoms with Crippen molar-refractivity contribution in [3.05, 3.63) is 11.1 Å². The van der Waals surface area contributed by atoms with E-state index in [9.17, 15) is 9.59 Å². The Morgan fingerprint density at radius 2 is 2.06 bits per heavy atom. The van der Waals surface area contributed by atoms with Crippen molar-refractivity contribution in [3.8, 4) is 0 Å². The molecule has 0 saturated heterocycles. The molecule has 5 heteroatoms. The molecular formula is C12H17ClO4. The summed E-state index contributed by atoms with van der Waals surface area (Å²) in [6, 6.07) is 0. The van der Waals surface area contributed by atoms with Crippen molar-refractivity contribution in [1.29, 1.82) is 0 Å². The first-order valence-electron chi connectivity index (χ1n) is 5.59. The first kappa shape index (κ1) is 14.0. The van der Waals surface area contributed by atoms with Gasteiger partial charge in [-0.1, -0.05) is 38.4 Å². The Morgan fingerprint density at radius 3 is 2.47 bits per heavy atom. The van der Waals surface area contributed by atoms with Gasteiger partial charge in [0, 0.05) is 0 Å². The van der Waals surface area contributed by atoms with Crippen LogP contribution in [0.1, 0.15) is 27.2 Å². The minimum Gasteiger partial charge on any atom is -0.481 e. The molecule has 0 unspecified atom stereocenters. The van der Waals surface area contributed by atoms with Gasteiger partial charge in [0.25, 0.3) is 0 Å². The number of aliphatic carboxylic acids is 1. The molecule has 0 heterocycles. The van der Waals surface area contributed by atoms with Crippen molar-refractivity contribution in [2.24, 2.45) is 17.3 Å². The zero-order valence-electron chi connectivity index (χ0n) is 10.2. The normalized spacial score (nSPS) is 26.5. The van der Waals surface area contributed by atoms with Gasteiger partial charge in [-0.25, -0.2) is 4.79 Å². The van der Waals surface area contributed by atoms with E-state index >= 15 is 0 Å². The average Bonchev–Trinajstić information content (AvgIpc) is 2.76. The average molecular weight is 261 g/mol. The van der Waals surface area contributed by atoms with Crippen molar-refractivity contribution in [2.45, 2.75) is 27.2 Å². The van der Waals surface area contributed by atoms with Crippen molar-refractivity contribution in [2.75, 3.05) is 6.61 Å². The Kier molecular flexibility index (Phi) is 4.20. The maximum atomic E-state index is 11.4. The summed E-state index contributed by atoms with van der Waals surface area (Å²) in [5.41, 5.74) is -0.350. The second kappa shape index (κ2) is 5.08. The Morgan fingerprint density at radius 1 is 1.47 bits per heavy atom. The van der Waals surface area contributed by atoms with E-state index < -0.39 is 17.9 Å². The summed E-state index contributed by atoms with van der Waals surface area (Å²) in [6.45, 7) is 5.89. The third kappa shape index (κ3) is 3.00. The van der Waals surface area contributed by atoms with Crippen LogP contribution in [0.5, 0.6) is 0 Å². The molecule has 0 aliphatic heterocycles. The molecule has 1 rings (SSSR count). The summed E-state index contributed by atoms with van der Waals surface area (Å²) in [7, 11) is 0. The predicted octanol–water partition coefficient (Wildman–Crippen LogP) is 2.42. The van der Waals surface area contributed by atoms with E-state index in [0.717, 1.165) is 6.42 Å². The fraction of sp³-hybridized carbons (Fsp3) is 0.667. The van der Waals surface area contributed by atoms with Crippen LogP contribution in [0, 0.1) is 17.3 Å². The summed E-state index contributed by atoms with van der Waals surface area (Å²) in [6.07, 6.45) is 2.22. The summed E-state index contributed by atoms with van der Waals surface area (Å²) >= 11 is 5.79. The van der Waals surface area contributed by atoms with Crippen LogP contribution in [-0.4, -0.2) is 23.7 Å².